The molecule has 0 unspecified atom stereocenters. The monoisotopic (exact) mass is 255 g/mol. The maximum absolute atomic E-state index is 12.4. The van der Waals surface area contributed by atoms with Gasteiger partial charge in [0.05, 0.1) is 5.56 Å². The molecule has 4 nitrogen and oxygen atoms in total. The van der Waals surface area contributed by atoms with Crippen molar-refractivity contribution in [3.05, 3.63) is 52.8 Å². The van der Waals surface area contributed by atoms with Crippen molar-refractivity contribution in [2.24, 2.45) is 0 Å². The van der Waals surface area contributed by atoms with Gasteiger partial charge >= 0.3 is 0 Å². The zero-order valence-corrected chi connectivity index (χ0v) is 11.0. The minimum atomic E-state index is -0.176. The average molecular weight is 255 g/mol. The number of carbonyl (C=O) groups excluding carboxylic acids is 1. The second-order valence-corrected chi connectivity index (χ2v) is 4.60. The first-order chi connectivity index (χ1) is 9.04. The highest BCUT2D eigenvalue weighted by atomic mass is 16.4. The molecular formula is C15H13NO3. The number of furan rings is 2. The minimum Gasteiger partial charge on any atom is -0.466 e. The average Bonchev–Trinajstić information content (AvgIpc) is 2.91. The van der Waals surface area contributed by atoms with E-state index in [0.29, 0.717) is 28.2 Å². The molecule has 19 heavy (non-hydrogen) atoms. The zero-order chi connectivity index (χ0) is 13.6. The lowest BCUT2D eigenvalue weighted by molar-refractivity contribution is 0.101. The van der Waals surface area contributed by atoms with Crippen molar-refractivity contribution in [2.75, 3.05) is 0 Å². The highest BCUT2D eigenvalue weighted by Crippen LogP contribution is 2.23. The van der Waals surface area contributed by atoms with E-state index < -0.39 is 0 Å². The van der Waals surface area contributed by atoms with Crippen molar-refractivity contribution < 1.29 is 13.6 Å². The molecule has 0 aliphatic rings. The summed E-state index contributed by atoms with van der Waals surface area (Å²) in [4.78, 5) is 16.7. The lowest BCUT2D eigenvalue weighted by Crippen LogP contribution is -1.99. The van der Waals surface area contributed by atoms with E-state index in [0.717, 1.165) is 5.69 Å². The first-order valence-electron chi connectivity index (χ1n) is 6.03. The molecule has 4 heteroatoms. The Balaban J connectivity index is 2.09. The van der Waals surface area contributed by atoms with Crippen LogP contribution in [-0.2, 0) is 0 Å². The summed E-state index contributed by atoms with van der Waals surface area (Å²) >= 11 is 0. The van der Waals surface area contributed by atoms with Crippen molar-refractivity contribution in [3.63, 3.8) is 0 Å². The minimum absolute atomic E-state index is 0.176. The Morgan fingerprint density at radius 1 is 1.11 bits per heavy atom. The molecule has 0 aliphatic carbocycles. The number of pyridine rings is 1. The molecule has 0 saturated carbocycles. The van der Waals surface area contributed by atoms with Gasteiger partial charge in [-0.2, -0.15) is 0 Å². The van der Waals surface area contributed by atoms with Gasteiger partial charge in [0, 0.05) is 11.8 Å². The van der Waals surface area contributed by atoms with Crippen molar-refractivity contribution in [2.45, 2.75) is 20.8 Å². The fourth-order valence-electron chi connectivity index (χ4n) is 2.13. The van der Waals surface area contributed by atoms with Crippen LogP contribution in [0.4, 0.5) is 0 Å². The van der Waals surface area contributed by atoms with Gasteiger partial charge in [-0.05, 0) is 39.0 Å². The van der Waals surface area contributed by atoms with Crippen LogP contribution in [-0.4, -0.2) is 10.8 Å². The van der Waals surface area contributed by atoms with Gasteiger partial charge in [-0.3, -0.25) is 4.79 Å². The third-order valence-electron chi connectivity index (χ3n) is 3.02. The van der Waals surface area contributed by atoms with Crippen molar-refractivity contribution in [3.8, 4) is 0 Å². The van der Waals surface area contributed by atoms with Crippen molar-refractivity contribution in [1.29, 1.82) is 0 Å². The van der Waals surface area contributed by atoms with Crippen LogP contribution in [0.3, 0.4) is 0 Å². The number of carbonyl (C=O) groups is 1. The van der Waals surface area contributed by atoms with E-state index in [9.17, 15) is 4.79 Å². The molecule has 0 fully saturated rings. The van der Waals surface area contributed by atoms with Crippen LogP contribution in [0.1, 0.15) is 33.3 Å². The second-order valence-electron chi connectivity index (χ2n) is 4.60. The molecule has 0 saturated heterocycles. The number of nitrogens with zero attached hydrogens (tertiary/aromatic N) is 1. The number of hydrogen-bond acceptors (Lipinski definition) is 4. The van der Waals surface area contributed by atoms with Crippen molar-refractivity contribution in [1.82, 2.24) is 4.98 Å². The standard InChI is InChI=1S/C15H13NO3/c1-8-4-5-13-12(16-8)7-14(19-13)15(17)11-6-9(2)18-10(11)3/h4-7H,1-3H3. The third kappa shape index (κ3) is 1.95. The summed E-state index contributed by atoms with van der Waals surface area (Å²) in [7, 11) is 0. The molecule has 96 valence electrons. The molecule has 0 aromatic carbocycles. The van der Waals surface area contributed by atoms with E-state index in [2.05, 4.69) is 4.98 Å². The first kappa shape index (κ1) is 11.7. The maximum atomic E-state index is 12.4. The zero-order valence-electron chi connectivity index (χ0n) is 11.0. The Morgan fingerprint density at radius 2 is 1.89 bits per heavy atom. The van der Waals surface area contributed by atoms with E-state index in [1.165, 1.54) is 0 Å². The van der Waals surface area contributed by atoms with E-state index >= 15 is 0 Å². The van der Waals surface area contributed by atoms with Crippen LogP contribution in [0.25, 0.3) is 11.1 Å². The summed E-state index contributed by atoms with van der Waals surface area (Å²) in [6.45, 7) is 5.48. The lowest BCUT2D eigenvalue weighted by atomic mass is 10.1. The van der Waals surface area contributed by atoms with Gasteiger partial charge in [0.1, 0.15) is 17.0 Å². The normalized spacial score (nSPS) is 11.1. The van der Waals surface area contributed by atoms with E-state index in [1.807, 2.05) is 26.0 Å². The fraction of sp³-hybridized carbons (Fsp3) is 0.200. The summed E-state index contributed by atoms with van der Waals surface area (Å²) in [6, 6.07) is 7.07. The highest BCUT2D eigenvalue weighted by Gasteiger charge is 2.19. The Morgan fingerprint density at radius 3 is 2.58 bits per heavy atom. The number of rotatable bonds is 2. The Kier molecular flexibility index (Phi) is 2.52. The number of fused-ring (bicyclic) bond motifs is 1. The van der Waals surface area contributed by atoms with Crippen LogP contribution in [0.15, 0.2) is 33.1 Å². The Hall–Kier alpha value is -2.36. The Labute approximate surface area is 110 Å². The number of aryl methyl sites for hydroxylation is 3. The molecule has 0 N–H and O–H groups in total. The maximum Gasteiger partial charge on any atom is 0.231 e. The lowest BCUT2D eigenvalue weighted by Gasteiger charge is -1.93. The van der Waals surface area contributed by atoms with Gasteiger partial charge < -0.3 is 8.83 Å². The summed E-state index contributed by atoms with van der Waals surface area (Å²) in [5.74, 6) is 1.43. The molecule has 0 radical (unpaired) electrons. The number of aromatic nitrogens is 1. The largest absolute Gasteiger partial charge is 0.466 e. The summed E-state index contributed by atoms with van der Waals surface area (Å²) in [5, 5.41) is 0. The predicted octanol–water partition coefficient (Wildman–Crippen LogP) is 3.58. The SMILES string of the molecule is Cc1ccc2oc(C(=O)c3cc(C)oc3C)cc2n1. The molecule has 3 aromatic heterocycles. The van der Waals surface area contributed by atoms with Crippen LogP contribution in [0, 0.1) is 20.8 Å². The van der Waals surface area contributed by atoms with E-state index in [1.54, 1.807) is 19.1 Å². The van der Waals surface area contributed by atoms with Crippen LogP contribution in [0.5, 0.6) is 0 Å². The van der Waals surface area contributed by atoms with Gasteiger partial charge in [0.25, 0.3) is 0 Å². The second kappa shape index (κ2) is 4.09. The van der Waals surface area contributed by atoms with Gasteiger partial charge in [-0.15, -0.1) is 0 Å². The number of hydrogen-bond donors (Lipinski definition) is 0. The smallest absolute Gasteiger partial charge is 0.231 e. The number of ketones is 1. The third-order valence-corrected chi connectivity index (χ3v) is 3.02. The molecular weight excluding hydrogens is 242 g/mol. The van der Waals surface area contributed by atoms with Crippen LogP contribution >= 0.6 is 0 Å². The van der Waals surface area contributed by atoms with Gasteiger partial charge in [0.15, 0.2) is 11.3 Å². The van der Waals surface area contributed by atoms with Gasteiger partial charge in [-0.1, -0.05) is 0 Å². The molecule has 0 atom stereocenters. The molecule has 3 heterocycles. The van der Waals surface area contributed by atoms with E-state index in [4.69, 9.17) is 8.83 Å². The molecule has 0 aliphatic heterocycles. The van der Waals surface area contributed by atoms with E-state index in [-0.39, 0.29) is 11.5 Å². The molecule has 0 bridgehead atoms. The molecule has 0 spiro atoms. The molecule has 3 rings (SSSR count). The molecule has 0 amide bonds. The predicted molar refractivity (Wildman–Crippen MR) is 70.4 cm³/mol. The summed E-state index contributed by atoms with van der Waals surface area (Å²) in [6.07, 6.45) is 0. The quantitative estimate of drug-likeness (QED) is 0.657. The first-order valence-corrected chi connectivity index (χ1v) is 6.03. The molecule has 3 aromatic rings. The van der Waals surface area contributed by atoms with Gasteiger partial charge in [0.2, 0.25) is 5.78 Å². The van der Waals surface area contributed by atoms with Gasteiger partial charge in [-0.25, -0.2) is 4.98 Å². The highest BCUT2D eigenvalue weighted by molar-refractivity contribution is 6.09. The van der Waals surface area contributed by atoms with Crippen molar-refractivity contribution >= 4 is 16.9 Å². The van der Waals surface area contributed by atoms with Crippen LogP contribution < -0.4 is 0 Å². The Bertz CT molecular complexity index is 780. The fourth-order valence-corrected chi connectivity index (χ4v) is 2.13. The van der Waals surface area contributed by atoms with Crippen LogP contribution in [0.2, 0.25) is 0 Å². The summed E-state index contributed by atoms with van der Waals surface area (Å²) in [5.41, 5.74) is 2.74. The summed E-state index contributed by atoms with van der Waals surface area (Å²) < 4.78 is 10.9. The topological polar surface area (TPSA) is 56.2 Å².